The molecule has 3 amide bonds. The van der Waals surface area contributed by atoms with Crippen LogP contribution >= 0.6 is 11.6 Å². The molecule has 150 valence electrons. The zero-order chi connectivity index (χ0) is 21.0. The van der Waals surface area contributed by atoms with E-state index in [2.05, 4.69) is 5.32 Å². The van der Waals surface area contributed by atoms with Gasteiger partial charge in [0.1, 0.15) is 0 Å². The van der Waals surface area contributed by atoms with Gasteiger partial charge < -0.3 is 5.32 Å². The smallest absolute Gasteiger partial charge is 0.255 e. The van der Waals surface area contributed by atoms with Crippen molar-refractivity contribution in [1.82, 2.24) is 0 Å². The monoisotopic (exact) mass is 410 g/mol. The van der Waals surface area contributed by atoms with Crippen LogP contribution in [0.25, 0.3) is 0 Å². The van der Waals surface area contributed by atoms with Crippen LogP contribution in [0.4, 0.5) is 11.4 Å². The molecule has 0 radical (unpaired) electrons. The number of carbonyl (C=O) groups excluding carboxylic acids is 3. The Hall–Kier alpha value is -2.66. The van der Waals surface area contributed by atoms with Crippen LogP contribution in [0.3, 0.4) is 0 Å². The summed E-state index contributed by atoms with van der Waals surface area (Å²) in [4.78, 5) is 40.5. The lowest BCUT2D eigenvalue weighted by Gasteiger charge is -2.47. The van der Waals surface area contributed by atoms with Crippen molar-refractivity contribution in [3.05, 3.63) is 59.1 Å². The largest absolute Gasteiger partial charge is 0.321 e. The standard InChI is InChI=1S/C23H23ClN2O3/c1-22(2)16-11-12-23(22,3)21(29)26(20(16)28)15-8-6-7-14(13-15)19(27)25-18-10-5-4-9-17(18)24/h4-10,13,16H,11-12H2,1-3H3,(H,25,27)/t16-,23+/m0/s1. The zero-order valence-electron chi connectivity index (χ0n) is 16.7. The molecule has 1 heterocycles. The van der Waals surface area contributed by atoms with Gasteiger partial charge in [-0.3, -0.25) is 14.4 Å². The summed E-state index contributed by atoms with van der Waals surface area (Å²) in [5, 5.41) is 3.21. The van der Waals surface area contributed by atoms with Crippen LogP contribution in [0.15, 0.2) is 48.5 Å². The van der Waals surface area contributed by atoms with E-state index in [4.69, 9.17) is 11.6 Å². The van der Waals surface area contributed by atoms with Gasteiger partial charge in [-0.05, 0) is 48.6 Å². The third kappa shape index (κ3) is 2.87. The number of nitrogens with one attached hydrogen (secondary N) is 1. The fourth-order valence-corrected chi connectivity index (χ4v) is 4.79. The van der Waals surface area contributed by atoms with E-state index in [1.807, 2.05) is 20.8 Å². The molecule has 2 atom stereocenters. The summed E-state index contributed by atoms with van der Waals surface area (Å²) in [6.07, 6.45) is 1.40. The number of fused-ring (bicyclic) bond motifs is 2. The summed E-state index contributed by atoms with van der Waals surface area (Å²) in [5.74, 6) is -0.930. The third-order valence-electron chi connectivity index (χ3n) is 6.91. The van der Waals surface area contributed by atoms with Gasteiger partial charge >= 0.3 is 0 Å². The predicted octanol–water partition coefficient (Wildman–Crippen LogP) is 4.91. The lowest BCUT2D eigenvalue weighted by atomic mass is 9.62. The molecule has 1 aliphatic carbocycles. The fraction of sp³-hybridized carbons (Fsp3) is 0.348. The number of benzene rings is 2. The molecule has 2 aromatic rings. The average Bonchev–Trinajstić information content (AvgIpc) is 2.87. The molecule has 1 N–H and O–H groups in total. The number of nitrogens with zero attached hydrogens (tertiary/aromatic N) is 1. The van der Waals surface area contributed by atoms with Crippen molar-refractivity contribution in [2.75, 3.05) is 10.2 Å². The second-order valence-electron chi connectivity index (χ2n) is 8.61. The number of carbonyl (C=O) groups is 3. The molecule has 2 bridgehead atoms. The summed E-state index contributed by atoms with van der Waals surface area (Å²) in [6.45, 7) is 5.96. The summed E-state index contributed by atoms with van der Waals surface area (Å²) in [6, 6.07) is 13.6. The van der Waals surface area contributed by atoms with E-state index in [0.717, 1.165) is 0 Å². The zero-order valence-corrected chi connectivity index (χ0v) is 17.4. The number of imide groups is 1. The highest BCUT2D eigenvalue weighted by atomic mass is 35.5. The highest BCUT2D eigenvalue weighted by Gasteiger charge is 2.64. The fourth-order valence-electron chi connectivity index (χ4n) is 4.61. The van der Waals surface area contributed by atoms with Gasteiger partial charge in [0, 0.05) is 11.5 Å². The van der Waals surface area contributed by atoms with E-state index >= 15 is 0 Å². The maximum absolute atomic E-state index is 13.3. The summed E-state index contributed by atoms with van der Waals surface area (Å²) < 4.78 is 0. The SMILES string of the molecule is CC1(C)[C@H]2CC[C@]1(C)C(=O)N(c1cccc(C(=O)Nc3ccccc3Cl)c1)C2=O. The minimum Gasteiger partial charge on any atom is -0.321 e. The molecule has 0 unspecified atom stereocenters. The van der Waals surface area contributed by atoms with E-state index in [9.17, 15) is 14.4 Å². The summed E-state index contributed by atoms with van der Waals surface area (Å²) in [7, 11) is 0. The van der Waals surface area contributed by atoms with Crippen LogP contribution in [-0.2, 0) is 9.59 Å². The number of para-hydroxylation sites is 1. The Bertz CT molecular complexity index is 1030. The van der Waals surface area contributed by atoms with Crippen molar-refractivity contribution < 1.29 is 14.4 Å². The average molecular weight is 411 g/mol. The predicted molar refractivity (Wildman–Crippen MR) is 113 cm³/mol. The first-order valence-electron chi connectivity index (χ1n) is 9.71. The van der Waals surface area contributed by atoms with E-state index in [-0.39, 0.29) is 29.1 Å². The van der Waals surface area contributed by atoms with Gasteiger partial charge in [-0.1, -0.05) is 50.6 Å². The quantitative estimate of drug-likeness (QED) is 0.731. The number of halogens is 1. The van der Waals surface area contributed by atoms with Gasteiger partial charge in [-0.2, -0.15) is 0 Å². The highest BCUT2D eigenvalue weighted by molar-refractivity contribution is 6.34. The van der Waals surface area contributed by atoms with Gasteiger partial charge in [0.25, 0.3) is 5.91 Å². The van der Waals surface area contributed by atoms with Crippen LogP contribution in [0, 0.1) is 16.7 Å². The highest BCUT2D eigenvalue weighted by Crippen LogP contribution is 2.60. The molecule has 2 aliphatic rings. The Labute approximate surface area is 175 Å². The molecule has 2 fully saturated rings. The molecule has 6 heteroatoms. The van der Waals surface area contributed by atoms with Crippen LogP contribution in [0.2, 0.25) is 5.02 Å². The number of amides is 3. The number of piperidine rings is 1. The Morgan fingerprint density at radius 1 is 1.10 bits per heavy atom. The Morgan fingerprint density at radius 2 is 1.83 bits per heavy atom. The first-order valence-corrected chi connectivity index (χ1v) is 10.1. The third-order valence-corrected chi connectivity index (χ3v) is 7.24. The van der Waals surface area contributed by atoms with E-state index in [0.29, 0.717) is 34.8 Å². The Kier molecular flexibility index (Phi) is 4.54. The van der Waals surface area contributed by atoms with Gasteiger partial charge in [0.2, 0.25) is 11.8 Å². The molecule has 1 aliphatic heterocycles. The van der Waals surface area contributed by atoms with Crippen molar-refractivity contribution in [2.45, 2.75) is 33.6 Å². The minimum atomic E-state index is -0.596. The summed E-state index contributed by atoms with van der Waals surface area (Å²) in [5.41, 5.74) is 0.311. The summed E-state index contributed by atoms with van der Waals surface area (Å²) >= 11 is 6.12. The van der Waals surface area contributed by atoms with E-state index < -0.39 is 5.41 Å². The van der Waals surface area contributed by atoms with Gasteiger partial charge in [0.15, 0.2) is 0 Å². The van der Waals surface area contributed by atoms with Gasteiger partial charge in [-0.15, -0.1) is 0 Å². The molecular weight excluding hydrogens is 388 g/mol. The number of hydrogen-bond acceptors (Lipinski definition) is 3. The molecule has 0 spiro atoms. The molecule has 1 saturated heterocycles. The minimum absolute atomic E-state index is 0.182. The molecule has 0 aromatic heterocycles. The van der Waals surface area contributed by atoms with Crippen molar-refractivity contribution >= 4 is 40.7 Å². The maximum atomic E-state index is 13.3. The first kappa shape index (κ1) is 19.6. The first-order chi connectivity index (χ1) is 13.7. The molecule has 1 saturated carbocycles. The molecule has 5 nitrogen and oxygen atoms in total. The van der Waals surface area contributed by atoms with Crippen LogP contribution in [0.1, 0.15) is 44.0 Å². The molecule has 2 aromatic carbocycles. The maximum Gasteiger partial charge on any atom is 0.255 e. The van der Waals surface area contributed by atoms with E-state index in [1.54, 1.807) is 48.5 Å². The molecule has 4 rings (SSSR count). The number of rotatable bonds is 3. The Balaban J connectivity index is 1.66. The molecular formula is C23H23ClN2O3. The second-order valence-corrected chi connectivity index (χ2v) is 9.02. The van der Waals surface area contributed by atoms with E-state index in [1.165, 1.54) is 4.90 Å². The van der Waals surface area contributed by atoms with Gasteiger partial charge in [-0.25, -0.2) is 4.90 Å². The van der Waals surface area contributed by atoms with Crippen LogP contribution < -0.4 is 10.2 Å². The molecule has 29 heavy (non-hydrogen) atoms. The van der Waals surface area contributed by atoms with Gasteiger partial charge in [0.05, 0.1) is 21.8 Å². The van der Waals surface area contributed by atoms with Crippen LogP contribution in [-0.4, -0.2) is 17.7 Å². The number of hydrogen-bond donors (Lipinski definition) is 1. The van der Waals surface area contributed by atoms with Crippen molar-refractivity contribution in [2.24, 2.45) is 16.7 Å². The number of anilines is 2. The lowest BCUT2D eigenvalue weighted by Crippen LogP contribution is -2.59. The topological polar surface area (TPSA) is 66.5 Å². The van der Waals surface area contributed by atoms with Crippen LogP contribution in [0.5, 0.6) is 0 Å². The lowest BCUT2D eigenvalue weighted by molar-refractivity contribution is -0.146. The Morgan fingerprint density at radius 3 is 2.55 bits per heavy atom. The van der Waals surface area contributed by atoms with Crippen molar-refractivity contribution in [3.8, 4) is 0 Å². The normalized spacial score (nSPS) is 25.2. The van der Waals surface area contributed by atoms with Crippen molar-refractivity contribution in [3.63, 3.8) is 0 Å². The second kappa shape index (κ2) is 6.70. The van der Waals surface area contributed by atoms with Crippen molar-refractivity contribution in [1.29, 1.82) is 0 Å².